The Morgan fingerprint density at radius 3 is 2.14 bits per heavy atom. The van der Waals surface area contributed by atoms with Gasteiger partial charge in [0.25, 0.3) is 5.91 Å². The van der Waals surface area contributed by atoms with Crippen molar-refractivity contribution in [3.05, 3.63) is 47.3 Å². The number of aryl methyl sites for hydroxylation is 1. The second-order valence-corrected chi connectivity index (χ2v) is 8.35. The minimum atomic E-state index is -0.181. The third kappa shape index (κ3) is 4.63. The van der Waals surface area contributed by atoms with Crippen molar-refractivity contribution in [2.75, 3.05) is 10.6 Å². The van der Waals surface area contributed by atoms with Crippen molar-refractivity contribution in [1.29, 1.82) is 0 Å². The van der Waals surface area contributed by atoms with E-state index >= 15 is 0 Å². The highest BCUT2D eigenvalue weighted by atomic mass is 16.2. The number of nitrogens with zero attached hydrogens (tertiary/aromatic N) is 1. The number of hydrogen-bond acceptors (Lipinski definition) is 2. The van der Waals surface area contributed by atoms with E-state index in [2.05, 4.69) is 27.4 Å². The van der Waals surface area contributed by atoms with E-state index in [1.54, 1.807) is 12.1 Å². The van der Waals surface area contributed by atoms with E-state index in [4.69, 9.17) is 0 Å². The van der Waals surface area contributed by atoms with Crippen LogP contribution in [0.4, 0.5) is 16.2 Å². The molecule has 2 aliphatic carbocycles. The van der Waals surface area contributed by atoms with Gasteiger partial charge in [0.1, 0.15) is 0 Å². The van der Waals surface area contributed by atoms with Crippen molar-refractivity contribution < 1.29 is 9.59 Å². The molecular weight excluding hydrogens is 364 g/mol. The minimum absolute atomic E-state index is 0.0904. The van der Waals surface area contributed by atoms with Crippen molar-refractivity contribution in [2.24, 2.45) is 0 Å². The Hall–Kier alpha value is -2.76. The summed E-state index contributed by atoms with van der Waals surface area (Å²) in [5.74, 6) is -0.0904. The molecule has 1 aromatic carbocycles. The Morgan fingerprint density at radius 2 is 1.52 bits per heavy atom. The van der Waals surface area contributed by atoms with Crippen LogP contribution in [0.2, 0.25) is 0 Å². The second kappa shape index (κ2) is 8.31. The summed E-state index contributed by atoms with van der Waals surface area (Å²) in [5.41, 5.74) is 4.35. The molecule has 6 heteroatoms. The van der Waals surface area contributed by atoms with Gasteiger partial charge in [0.15, 0.2) is 0 Å². The lowest BCUT2D eigenvalue weighted by Crippen LogP contribution is -2.30. The second-order valence-electron chi connectivity index (χ2n) is 8.35. The smallest absolute Gasteiger partial charge is 0.319 e. The summed E-state index contributed by atoms with van der Waals surface area (Å²) < 4.78 is 2.35. The molecule has 0 radical (unpaired) electrons. The lowest BCUT2D eigenvalue weighted by molar-refractivity contribution is 0.102. The molecule has 3 amide bonds. The maximum atomic E-state index is 12.9. The van der Waals surface area contributed by atoms with Gasteiger partial charge in [-0.1, -0.05) is 19.3 Å². The first kappa shape index (κ1) is 19.6. The highest BCUT2D eigenvalue weighted by Gasteiger charge is 2.24. The molecule has 2 fully saturated rings. The number of carbonyl (C=O) groups is 2. The van der Waals surface area contributed by atoms with Crippen LogP contribution < -0.4 is 16.0 Å². The number of carbonyl (C=O) groups excluding carboxylic acids is 2. The molecule has 0 atom stereocenters. The Labute approximate surface area is 172 Å². The number of amides is 3. The first-order valence-electron chi connectivity index (χ1n) is 10.7. The molecule has 1 heterocycles. The van der Waals surface area contributed by atoms with Gasteiger partial charge in [-0.25, -0.2) is 4.79 Å². The average Bonchev–Trinajstić information content (AvgIpc) is 3.46. The van der Waals surface area contributed by atoms with Gasteiger partial charge < -0.3 is 20.5 Å². The number of hydrogen-bond donors (Lipinski definition) is 3. The molecular formula is C23H30N4O2. The SMILES string of the molecule is Cc1cc(C(=O)Nc2ccc(NC(=O)NC3CC3)cc2)c(C)n1C1CCCCC1. The van der Waals surface area contributed by atoms with Crippen LogP contribution in [-0.2, 0) is 0 Å². The summed E-state index contributed by atoms with van der Waals surface area (Å²) in [6, 6.07) is 9.87. The summed E-state index contributed by atoms with van der Waals surface area (Å²) in [6.45, 7) is 4.13. The molecule has 0 aliphatic heterocycles. The molecule has 29 heavy (non-hydrogen) atoms. The van der Waals surface area contributed by atoms with E-state index < -0.39 is 0 Å². The van der Waals surface area contributed by atoms with Gasteiger partial charge in [-0.15, -0.1) is 0 Å². The lowest BCUT2D eigenvalue weighted by atomic mass is 9.95. The highest BCUT2D eigenvalue weighted by Crippen LogP contribution is 2.32. The van der Waals surface area contributed by atoms with Crippen LogP contribution in [0, 0.1) is 13.8 Å². The van der Waals surface area contributed by atoms with Crippen LogP contribution in [0.3, 0.4) is 0 Å². The average molecular weight is 395 g/mol. The normalized spacial score (nSPS) is 17.0. The Kier molecular flexibility index (Phi) is 5.60. The van der Waals surface area contributed by atoms with Gasteiger partial charge in [-0.2, -0.15) is 0 Å². The quantitative estimate of drug-likeness (QED) is 0.656. The molecule has 6 nitrogen and oxygen atoms in total. The van der Waals surface area contributed by atoms with Crippen LogP contribution in [0.25, 0.3) is 0 Å². The first-order valence-corrected chi connectivity index (χ1v) is 10.7. The zero-order valence-electron chi connectivity index (χ0n) is 17.3. The minimum Gasteiger partial charge on any atom is -0.345 e. The highest BCUT2D eigenvalue weighted by molar-refractivity contribution is 6.05. The van der Waals surface area contributed by atoms with E-state index in [-0.39, 0.29) is 11.9 Å². The van der Waals surface area contributed by atoms with E-state index in [0.717, 1.165) is 29.8 Å². The van der Waals surface area contributed by atoms with Crippen molar-refractivity contribution in [2.45, 2.75) is 70.9 Å². The van der Waals surface area contributed by atoms with Crippen LogP contribution >= 0.6 is 0 Å². The summed E-state index contributed by atoms with van der Waals surface area (Å²) in [4.78, 5) is 24.7. The topological polar surface area (TPSA) is 75.2 Å². The molecule has 3 N–H and O–H groups in total. The molecule has 2 aliphatic rings. The maximum absolute atomic E-state index is 12.9. The van der Waals surface area contributed by atoms with E-state index in [9.17, 15) is 9.59 Å². The molecule has 2 aromatic rings. The largest absolute Gasteiger partial charge is 0.345 e. The summed E-state index contributed by atoms with van der Waals surface area (Å²) in [6.07, 6.45) is 8.35. The molecule has 2 saturated carbocycles. The standard InChI is InChI=1S/C23H30N4O2/c1-15-14-21(16(2)27(15)20-6-4-3-5-7-20)22(28)24-17-8-10-18(11-9-17)25-23(29)26-19-12-13-19/h8-11,14,19-20H,3-7,12-13H2,1-2H3,(H,24,28)(H2,25,26,29). The fraction of sp³-hybridized carbons (Fsp3) is 0.478. The van der Waals surface area contributed by atoms with Gasteiger partial charge in [0, 0.05) is 34.8 Å². The molecule has 4 rings (SSSR count). The van der Waals surface area contributed by atoms with Crippen LogP contribution in [-0.4, -0.2) is 22.5 Å². The maximum Gasteiger partial charge on any atom is 0.319 e. The number of benzene rings is 1. The number of aromatic nitrogens is 1. The molecule has 0 saturated heterocycles. The third-order valence-electron chi connectivity index (χ3n) is 5.98. The molecule has 154 valence electrons. The number of urea groups is 1. The van der Waals surface area contributed by atoms with Crippen molar-refractivity contribution in [3.8, 4) is 0 Å². The summed E-state index contributed by atoms with van der Waals surface area (Å²) in [5, 5.41) is 8.69. The molecule has 0 bridgehead atoms. The summed E-state index contributed by atoms with van der Waals surface area (Å²) in [7, 11) is 0. The van der Waals surface area contributed by atoms with Gasteiger partial charge >= 0.3 is 6.03 Å². The number of nitrogens with one attached hydrogen (secondary N) is 3. The third-order valence-corrected chi connectivity index (χ3v) is 5.98. The van der Waals surface area contributed by atoms with Gasteiger partial charge in [-0.3, -0.25) is 4.79 Å². The van der Waals surface area contributed by atoms with Crippen molar-refractivity contribution in [1.82, 2.24) is 9.88 Å². The van der Waals surface area contributed by atoms with E-state index in [0.29, 0.717) is 23.5 Å². The predicted octanol–water partition coefficient (Wildman–Crippen LogP) is 5.15. The Morgan fingerprint density at radius 1 is 0.897 bits per heavy atom. The van der Waals surface area contributed by atoms with Crippen LogP contribution in [0.5, 0.6) is 0 Å². The fourth-order valence-electron chi connectivity index (χ4n) is 4.32. The van der Waals surface area contributed by atoms with Crippen LogP contribution in [0.15, 0.2) is 30.3 Å². The monoisotopic (exact) mass is 394 g/mol. The zero-order chi connectivity index (χ0) is 20.4. The lowest BCUT2D eigenvalue weighted by Gasteiger charge is -2.26. The number of anilines is 2. The van der Waals surface area contributed by atoms with Gasteiger partial charge in [0.05, 0.1) is 5.56 Å². The molecule has 1 aromatic heterocycles. The van der Waals surface area contributed by atoms with E-state index in [1.807, 2.05) is 25.1 Å². The van der Waals surface area contributed by atoms with Gasteiger partial charge in [-0.05, 0) is 69.9 Å². The van der Waals surface area contributed by atoms with Crippen molar-refractivity contribution >= 4 is 23.3 Å². The zero-order valence-corrected chi connectivity index (χ0v) is 17.3. The summed E-state index contributed by atoms with van der Waals surface area (Å²) >= 11 is 0. The molecule has 0 unspecified atom stereocenters. The molecule has 0 spiro atoms. The predicted molar refractivity (Wildman–Crippen MR) is 116 cm³/mol. The van der Waals surface area contributed by atoms with Crippen molar-refractivity contribution in [3.63, 3.8) is 0 Å². The Bertz CT molecular complexity index is 890. The first-order chi connectivity index (χ1) is 14.0. The van der Waals surface area contributed by atoms with Gasteiger partial charge in [0.2, 0.25) is 0 Å². The van der Waals surface area contributed by atoms with Crippen LogP contribution in [0.1, 0.15) is 72.7 Å². The number of rotatable bonds is 5. The van der Waals surface area contributed by atoms with E-state index in [1.165, 1.54) is 32.1 Å². The fourth-order valence-corrected chi connectivity index (χ4v) is 4.32. The Balaban J connectivity index is 1.40.